The van der Waals surface area contributed by atoms with Crippen LogP contribution in [-0.4, -0.2) is 67.4 Å². The number of thioether (sulfide) groups is 1. The lowest BCUT2D eigenvalue weighted by Crippen LogP contribution is -2.52. The Morgan fingerprint density at radius 1 is 1.50 bits per heavy atom. The van der Waals surface area contributed by atoms with Gasteiger partial charge in [-0.15, -0.1) is 0 Å². The summed E-state index contributed by atoms with van der Waals surface area (Å²) < 4.78 is 42.8. The van der Waals surface area contributed by atoms with Crippen molar-refractivity contribution in [3.63, 3.8) is 0 Å². The van der Waals surface area contributed by atoms with Gasteiger partial charge in [0.15, 0.2) is 0 Å². The van der Waals surface area contributed by atoms with Gasteiger partial charge in [0.05, 0.1) is 6.04 Å². The fraction of sp³-hybridized carbons (Fsp3) is 0.917. The number of alkyl halides is 3. The van der Waals surface area contributed by atoms with E-state index >= 15 is 0 Å². The molecule has 1 aliphatic rings. The molecule has 118 valence electrons. The van der Waals surface area contributed by atoms with Gasteiger partial charge in [0, 0.05) is 37.8 Å². The zero-order chi connectivity index (χ0) is 15.0. The van der Waals surface area contributed by atoms with Gasteiger partial charge < -0.3 is 15.0 Å². The predicted octanol–water partition coefficient (Wildman–Crippen LogP) is 1.51. The van der Waals surface area contributed by atoms with Crippen LogP contribution in [0.2, 0.25) is 0 Å². The van der Waals surface area contributed by atoms with E-state index in [1.54, 1.807) is 11.8 Å². The molecule has 0 saturated carbocycles. The van der Waals surface area contributed by atoms with Crippen LogP contribution in [-0.2, 0) is 9.53 Å². The minimum Gasteiger partial charge on any atom is -0.382 e. The summed E-state index contributed by atoms with van der Waals surface area (Å²) in [5, 5.41) is 2.98. The van der Waals surface area contributed by atoms with Gasteiger partial charge in [0.2, 0.25) is 5.91 Å². The molecule has 0 spiro atoms. The third kappa shape index (κ3) is 6.81. The van der Waals surface area contributed by atoms with Crippen LogP contribution in [0.5, 0.6) is 0 Å². The van der Waals surface area contributed by atoms with Crippen molar-refractivity contribution >= 4 is 17.7 Å². The summed E-state index contributed by atoms with van der Waals surface area (Å²) in [6, 6.07) is -0.511. The topological polar surface area (TPSA) is 41.6 Å². The van der Waals surface area contributed by atoms with Crippen molar-refractivity contribution in [1.82, 2.24) is 10.2 Å². The van der Waals surface area contributed by atoms with E-state index in [-0.39, 0.29) is 6.54 Å². The van der Waals surface area contributed by atoms with Gasteiger partial charge in [0.25, 0.3) is 0 Å². The molecule has 0 aliphatic carbocycles. The Labute approximate surface area is 121 Å². The van der Waals surface area contributed by atoms with Gasteiger partial charge >= 0.3 is 6.18 Å². The molecule has 0 bridgehead atoms. The third-order valence-corrected chi connectivity index (χ3v) is 3.88. The fourth-order valence-corrected chi connectivity index (χ4v) is 2.85. The highest BCUT2D eigenvalue weighted by Crippen LogP contribution is 2.18. The van der Waals surface area contributed by atoms with Gasteiger partial charge in [-0.25, -0.2) is 0 Å². The van der Waals surface area contributed by atoms with Crippen LogP contribution >= 0.6 is 11.8 Å². The quantitative estimate of drug-likeness (QED) is 0.723. The molecular formula is C12H21F3N2O2S. The minimum atomic E-state index is -4.37. The zero-order valence-electron chi connectivity index (χ0n) is 11.5. The molecule has 1 heterocycles. The SMILES string of the molecule is CCOCCCN(CC(F)(F)F)C(=O)C1CSCCN1. The second kappa shape index (κ2) is 8.74. The number of halogens is 3. The third-order valence-electron chi connectivity index (χ3n) is 2.82. The number of carbonyl (C=O) groups excluding carboxylic acids is 1. The first-order valence-corrected chi connectivity index (χ1v) is 7.84. The van der Waals surface area contributed by atoms with Crippen LogP contribution in [0.15, 0.2) is 0 Å². The summed E-state index contributed by atoms with van der Waals surface area (Å²) in [6.45, 7) is 2.24. The Bertz CT molecular complexity index is 297. The average molecular weight is 314 g/mol. The van der Waals surface area contributed by atoms with Crippen molar-refractivity contribution < 1.29 is 22.7 Å². The molecule has 1 aliphatic heterocycles. The number of amides is 1. The Morgan fingerprint density at radius 2 is 2.25 bits per heavy atom. The van der Waals surface area contributed by atoms with Gasteiger partial charge in [-0.1, -0.05) is 0 Å². The molecule has 1 unspecified atom stereocenters. The van der Waals surface area contributed by atoms with Crippen molar-refractivity contribution in [1.29, 1.82) is 0 Å². The van der Waals surface area contributed by atoms with Gasteiger partial charge in [-0.2, -0.15) is 24.9 Å². The van der Waals surface area contributed by atoms with Gasteiger partial charge in [-0.05, 0) is 13.3 Å². The van der Waals surface area contributed by atoms with Crippen molar-refractivity contribution in [3.8, 4) is 0 Å². The van der Waals surface area contributed by atoms with Crippen molar-refractivity contribution in [2.24, 2.45) is 0 Å². The maximum Gasteiger partial charge on any atom is 0.406 e. The van der Waals surface area contributed by atoms with Crippen molar-refractivity contribution in [2.45, 2.75) is 25.6 Å². The number of nitrogens with one attached hydrogen (secondary N) is 1. The van der Waals surface area contributed by atoms with E-state index in [0.717, 1.165) is 10.7 Å². The molecule has 1 atom stereocenters. The lowest BCUT2D eigenvalue weighted by Gasteiger charge is -2.30. The number of hydrogen-bond acceptors (Lipinski definition) is 4. The Kier molecular flexibility index (Phi) is 7.68. The normalized spacial score (nSPS) is 19.9. The maximum atomic E-state index is 12.6. The lowest BCUT2D eigenvalue weighted by atomic mass is 10.2. The average Bonchev–Trinajstić information content (AvgIpc) is 2.41. The summed E-state index contributed by atoms with van der Waals surface area (Å²) in [4.78, 5) is 13.0. The maximum absolute atomic E-state index is 12.6. The molecule has 0 aromatic carbocycles. The first-order valence-electron chi connectivity index (χ1n) is 6.68. The minimum absolute atomic E-state index is 0.0706. The lowest BCUT2D eigenvalue weighted by molar-refractivity contribution is -0.162. The summed E-state index contributed by atoms with van der Waals surface area (Å²) in [7, 11) is 0. The Balaban J connectivity index is 2.52. The van der Waals surface area contributed by atoms with Crippen LogP contribution < -0.4 is 5.32 Å². The molecule has 0 aromatic rings. The van der Waals surface area contributed by atoms with E-state index in [9.17, 15) is 18.0 Å². The van der Waals surface area contributed by atoms with Crippen LogP contribution in [0.4, 0.5) is 13.2 Å². The Hall–Kier alpha value is -0.470. The second-order valence-corrected chi connectivity index (χ2v) is 5.66. The van der Waals surface area contributed by atoms with Crippen LogP contribution in [0.1, 0.15) is 13.3 Å². The summed E-state index contributed by atoms with van der Waals surface area (Å²) in [5.41, 5.74) is 0. The monoisotopic (exact) mass is 314 g/mol. The van der Waals surface area contributed by atoms with E-state index < -0.39 is 24.7 Å². The molecule has 8 heteroatoms. The molecule has 1 rings (SSSR count). The fourth-order valence-electron chi connectivity index (χ4n) is 1.93. The summed E-state index contributed by atoms with van der Waals surface area (Å²) >= 11 is 1.58. The highest BCUT2D eigenvalue weighted by molar-refractivity contribution is 7.99. The first kappa shape index (κ1) is 17.6. The molecule has 0 aromatic heterocycles. The largest absolute Gasteiger partial charge is 0.406 e. The number of nitrogens with zero attached hydrogens (tertiary/aromatic N) is 1. The van der Waals surface area contributed by atoms with Crippen LogP contribution in [0, 0.1) is 0 Å². The standard InChI is InChI=1S/C12H21F3N2O2S/c1-2-19-6-3-5-17(9-12(13,14)15)11(18)10-8-20-7-4-16-10/h10,16H,2-9H2,1H3. The van der Waals surface area contributed by atoms with Gasteiger partial charge in [0.1, 0.15) is 6.54 Å². The van der Waals surface area contributed by atoms with E-state index in [4.69, 9.17) is 4.74 Å². The highest BCUT2D eigenvalue weighted by atomic mass is 32.2. The number of hydrogen-bond donors (Lipinski definition) is 1. The summed E-state index contributed by atoms with van der Waals surface area (Å²) in [6.07, 6.45) is -3.96. The zero-order valence-corrected chi connectivity index (χ0v) is 12.4. The molecule has 1 fully saturated rings. The summed E-state index contributed by atoms with van der Waals surface area (Å²) in [5.74, 6) is 0.942. The van der Waals surface area contributed by atoms with Crippen molar-refractivity contribution in [2.75, 3.05) is 44.4 Å². The molecule has 1 amide bonds. The molecule has 20 heavy (non-hydrogen) atoms. The van der Waals surface area contributed by atoms with Crippen LogP contribution in [0.25, 0.3) is 0 Å². The number of rotatable bonds is 7. The second-order valence-electron chi connectivity index (χ2n) is 4.51. The number of carbonyl (C=O) groups is 1. The molecule has 0 radical (unpaired) electrons. The highest BCUT2D eigenvalue weighted by Gasteiger charge is 2.35. The predicted molar refractivity (Wildman–Crippen MR) is 72.9 cm³/mol. The van der Waals surface area contributed by atoms with Gasteiger partial charge in [-0.3, -0.25) is 4.79 Å². The number of ether oxygens (including phenoxy) is 1. The smallest absolute Gasteiger partial charge is 0.382 e. The molecule has 4 nitrogen and oxygen atoms in total. The van der Waals surface area contributed by atoms with E-state index in [1.165, 1.54) is 0 Å². The van der Waals surface area contributed by atoms with E-state index in [2.05, 4.69) is 5.32 Å². The molecule has 1 saturated heterocycles. The van der Waals surface area contributed by atoms with Crippen molar-refractivity contribution in [3.05, 3.63) is 0 Å². The molecule has 1 N–H and O–H groups in total. The first-order chi connectivity index (χ1) is 9.44. The van der Waals surface area contributed by atoms with Crippen LogP contribution in [0.3, 0.4) is 0 Å². The Morgan fingerprint density at radius 3 is 2.80 bits per heavy atom. The molecular weight excluding hydrogens is 293 g/mol. The van der Waals surface area contributed by atoms with E-state index in [0.29, 0.717) is 31.9 Å². The van der Waals surface area contributed by atoms with E-state index in [1.807, 2.05) is 6.92 Å².